The van der Waals surface area contributed by atoms with Gasteiger partial charge in [0.25, 0.3) is 0 Å². The van der Waals surface area contributed by atoms with Gasteiger partial charge in [0, 0.05) is 56.2 Å². The molecule has 4 aromatic rings. The van der Waals surface area contributed by atoms with Crippen molar-refractivity contribution >= 4 is 40.8 Å². The van der Waals surface area contributed by atoms with E-state index in [9.17, 15) is 4.39 Å². The highest BCUT2D eigenvalue weighted by Gasteiger charge is 2.06. The molecule has 0 saturated heterocycles. The van der Waals surface area contributed by atoms with E-state index in [4.69, 9.17) is 0 Å². The van der Waals surface area contributed by atoms with E-state index in [2.05, 4.69) is 54.4 Å². The van der Waals surface area contributed by atoms with Crippen molar-refractivity contribution in [3.8, 4) is 0 Å². The number of nitrogens with zero attached hydrogens (tertiary/aromatic N) is 3. The van der Waals surface area contributed by atoms with Crippen molar-refractivity contribution in [3.05, 3.63) is 89.4 Å². The highest BCUT2D eigenvalue weighted by molar-refractivity contribution is 14.0. The van der Waals surface area contributed by atoms with Gasteiger partial charge in [-0.1, -0.05) is 24.3 Å². The molecule has 0 unspecified atom stereocenters. The minimum atomic E-state index is -0.218. The second-order valence-corrected chi connectivity index (χ2v) is 7.53. The Morgan fingerprint density at radius 2 is 2.00 bits per heavy atom. The predicted molar refractivity (Wildman–Crippen MR) is 138 cm³/mol. The Labute approximate surface area is 204 Å². The lowest BCUT2D eigenvalue weighted by Crippen LogP contribution is -2.37. The van der Waals surface area contributed by atoms with Crippen LogP contribution in [0.2, 0.25) is 0 Å². The molecule has 0 amide bonds. The smallest absolute Gasteiger partial charge is 0.191 e. The summed E-state index contributed by atoms with van der Waals surface area (Å²) in [7, 11) is 1.76. The maximum atomic E-state index is 13.6. The molecule has 4 rings (SSSR count). The fraction of sp³-hybridized carbons (Fsp3) is 0.250. The molecule has 0 aliphatic heterocycles. The first kappa shape index (κ1) is 23.8. The maximum Gasteiger partial charge on any atom is 0.191 e. The van der Waals surface area contributed by atoms with Gasteiger partial charge in [-0.3, -0.25) is 4.99 Å². The number of hydrogen-bond donors (Lipinski definition) is 3. The van der Waals surface area contributed by atoms with Crippen LogP contribution in [-0.4, -0.2) is 34.1 Å². The molecule has 0 fully saturated rings. The Hall–Kier alpha value is -2.88. The lowest BCUT2D eigenvalue weighted by Gasteiger charge is -2.13. The van der Waals surface area contributed by atoms with E-state index in [1.54, 1.807) is 19.2 Å². The molecule has 0 radical (unpaired) electrons. The second kappa shape index (κ2) is 11.1. The van der Waals surface area contributed by atoms with Crippen molar-refractivity contribution in [1.29, 1.82) is 0 Å². The van der Waals surface area contributed by atoms with E-state index in [1.165, 1.54) is 17.2 Å². The number of aliphatic imine (C=N–C) groups is 1. The van der Waals surface area contributed by atoms with Crippen LogP contribution in [0.25, 0.3) is 10.9 Å². The SMILES string of the molecule is CN=C(NCCc1c[nH]c2ccc(F)cc12)NCc1cccc(Cn2ccnc2C)c1.I. The number of guanidine groups is 1. The first-order valence-corrected chi connectivity index (χ1v) is 10.4. The van der Waals surface area contributed by atoms with Gasteiger partial charge in [-0.25, -0.2) is 9.37 Å². The van der Waals surface area contributed by atoms with Gasteiger partial charge in [-0.15, -0.1) is 24.0 Å². The van der Waals surface area contributed by atoms with Crippen LogP contribution in [0, 0.1) is 12.7 Å². The zero-order valence-electron chi connectivity index (χ0n) is 18.2. The Balaban J connectivity index is 0.00000289. The highest BCUT2D eigenvalue weighted by Crippen LogP contribution is 2.19. The minimum absolute atomic E-state index is 0. The Kier molecular flexibility index (Phi) is 8.26. The van der Waals surface area contributed by atoms with Crippen molar-refractivity contribution in [2.75, 3.05) is 13.6 Å². The summed E-state index contributed by atoms with van der Waals surface area (Å²) in [6.07, 6.45) is 6.52. The van der Waals surface area contributed by atoms with Crippen LogP contribution in [-0.2, 0) is 19.5 Å². The molecule has 2 heterocycles. The van der Waals surface area contributed by atoms with Gasteiger partial charge in [0.1, 0.15) is 11.6 Å². The lowest BCUT2D eigenvalue weighted by molar-refractivity contribution is 0.629. The Bertz CT molecular complexity index is 1200. The monoisotopic (exact) mass is 546 g/mol. The van der Waals surface area contributed by atoms with E-state index in [-0.39, 0.29) is 29.8 Å². The van der Waals surface area contributed by atoms with Crippen LogP contribution in [0.15, 0.2) is 66.0 Å². The molecule has 2 aromatic heterocycles. The summed E-state index contributed by atoms with van der Waals surface area (Å²) >= 11 is 0. The number of aryl methyl sites for hydroxylation is 1. The van der Waals surface area contributed by atoms with Gasteiger partial charge in [0.2, 0.25) is 0 Å². The summed E-state index contributed by atoms with van der Waals surface area (Å²) in [5, 5.41) is 7.62. The molecule has 0 aliphatic carbocycles. The average molecular weight is 546 g/mol. The number of imidazole rings is 1. The van der Waals surface area contributed by atoms with E-state index in [0.29, 0.717) is 13.1 Å². The number of fused-ring (bicyclic) bond motifs is 1. The summed E-state index contributed by atoms with van der Waals surface area (Å²) in [6.45, 7) is 4.18. The van der Waals surface area contributed by atoms with Gasteiger partial charge in [-0.05, 0) is 48.2 Å². The van der Waals surface area contributed by atoms with Crippen molar-refractivity contribution in [2.24, 2.45) is 4.99 Å². The lowest BCUT2D eigenvalue weighted by atomic mass is 10.1. The number of hydrogen-bond acceptors (Lipinski definition) is 2. The summed E-state index contributed by atoms with van der Waals surface area (Å²) in [5.41, 5.74) is 4.45. The number of nitrogens with one attached hydrogen (secondary N) is 3. The first-order valence-electron chi connectivity index (χ1n) is 10.4. The van der Waals surface area contributed by atoms with Crippen LogP contribution in [0.3, 0.4) is 0 Å². The number of rotatable bonds is 7. The van der Waals surface area contributed by atoms with E-state index < -0.39 is 0 Å². The second-order valence-electron chi connectivity index (χ2n) is 7.53. The summed E-state index contributed by atoms with van der Waals surface area (Å²) in [4.78, 5) is 11.8. The number of benzene rings is 2. The number of halogens is 2. The number of H-pyrrole nitrogens is 1. The minimum Gasteiger partial charge on any atom is -0.361 e. The average Bonchev–Trinajstić information content (AvgIpc) is 3.36. The third-order valence-corrected chi connectivity index (χ3v) is 5.37. The highest BCUT2D eigenvalue weighted by atomic mass is 127. The van der Waals surface area contributed by atoms with Crippen LogP contribution in [0.1, 0.15) is 22.5 Å². The molecule has 0 spiro atoms. The summed E-state index contributed by atoms with van der Waals surface area (Å²) in [5.74, 6) is 1.53. The summed E-state index contributed by atoms with van der Waals surface area (Å²) < 4.78 is 15.7. The first-order chi connectivity index (χ1) is 15.1. The van der Waals surface area contributed by atoms with E-state index in [0.717, 1.165) is 41.2 Å². The molecule has 8 heteroatoms. The molecular weight excluding hydrogens is 518 g/mol. The van der Waals surface area contributed by atoms with Crippen molar-refractivity contribution in [1.82, 2.24) is 25.2 Å². The largest absolute Gasteiger partial charge is 0.361 e. The Morgan fingerprint density at radius 3 is 2.78 bits per heavy atom. The van der Waals surface area contributed by atoms with Crippen LogP contribution < -0.4 is 10.6 Å². The van der Waals surface area contributed by atoms with Crippen LogP contribution in [0.4, 0.5) is 4.39 Å². The predicted octanol–water partition coefficient (Wildman–Crippen LogP) is 4.39. The van der Waals surface area contributed by atoms with E-state index >= 15 is 0 Å². The molecule has 0 aliphatic rings. The summed E-state index contributed by atoms with van der Waals surface area (Å²) in [6, 6.07) is 13.3. The third-order valence-electron chi connectivity index (χ3n) is 5.37. The molecule has 32 heavy (non-hydrogen) atoms. The van der Waals surface area contributed by atoms with Gasteiger partial charge in [0.15, 0.2) is 5.96 Å². The fourth-order valence-electron chi connectivity index (χ4n) is 3.68. The molecule has 0 bridgehead atoms. The zero-order valence-corrected chi connectivity index (χ0v) is 20.6. The molecule has 2 aromatic carbocycles. The van der Waals surface area contributed by atoms with Gasteiger partial charge in [-0.2, -0.15) is 0 Å². The quantitative estimate of drug-likeness (QED) is 0.183. The third kappa shape index (κ3) is 5.87. The van der Waals surface area contributed by atoms with Crippen LogP contribution >= 0.6 is 24.0 Å². The van der Waals surface area contributed by atoms with Gasteiger partial charge >= 0.3 is 0 Å². The van der Waals surface area contributed by atoms with Gasteiger partial charge < -0.3 is 20.2 Å². The standard InChI is InChI=1S/C24H27FN6.HI/c1-17-27-10-11-31(17)16-19-5-3-4-18(12-19)14-30-24(26-2)28-9-8-20-15-29-23-7-6-21(25)13-22(20)23;/h3-7,10-13,15,29H,8-9,14,16H2,1-2H3,(H2,26,28,30);1H. The topological polar surface area (TPSA) is 70.0 Å². The molecule has 3 N–H and O–H groups in total. The molecule has 0 atom stereocenters. The number of aromatic amines is 1. The zero-order chi connectivity index (χ0) is 21.6. The van der Waals surface area contributed by atoms with Crippen molar-refractivity contribution in [3.63, 3.8) is 0 Å². The maximum absolute atomic E-state index is 13.6. The van der Waals surface area contributed by atoms with E-state index in [1.807, 2.05) is 25.5 Å². The normalized spacial score (nSPS) is 11.4. The molecule has 0 saturated carbocycles. The van der Waals surface area contributed by atoms with Crippen molar-refractivity contribution in [2.45, 2.75) is 26.4 Å². The van der Waals surface area contributed by atoms with Gasteiger partial charge in [0.05, 0.1) is 0 Å². The van der Waals surface area contributed by atoms with Crippen LogP contribution in [0.5, 0.6) is 0 Å². The van der Waals surface area contributed by atoms with Crippen molar-refractivity contribution < 1.29 is 4.39 Å². The molecular formula is C24H28FIN6. The Morgan fingerprint density at radius 1 is 1.16 bits per heavy atom. The molecule has 6 nitrogen and oxygen atoms in total. The molecule has 168 valence electrons. The fourth-order valence-corrected chi connectivity index (χ4v) is 3.68. The number of aromatic nitrogens is 3.